The molecule has 0 saturated heterocycles. The van der Waals surface area contributed by atoms with E-state index in [-0.39, 0.29) is 10.6 Å². The third-order valence-electron chi connectivity index (χ3n) is 2.64. The minimum atomic E-state index is -3.69. The number of hydrogen-bond acceptors (Lipinski definition) is 4. The summed E-state index contributed by atoms with van der Waals surface area (Å²) >= 11 is 0. The number of nitrogens with one attached hydrogen (secondary N) is 1. The monoisotopic (exact) mass is 290 g/mol. The molecule has 20 heavy (non-hydrogen) atoms. The van der Waals surface area contributed by atoms with E-state index in [1.54, 1.807) is 30.3 Å². The number of nitrogens with zero attached hydrogens (tertiary/aromatic N) is 1. The average Bonchev–Trinajstić information content (AvgIpc) is 2.41. The van der Waals surface area contributed by atoms with E-state index in [1.165, 1.54) is 24.4 Å². The number of benzene rings is 2. The molecule has 0 atom stereocenters. The van der Waals surface area contributed by atoms with Gasteiger partial charge in [-0.1, -0.05) is 29.8 Å². The van der Waals surface area contributed by atoms with E-state index in [2.05, 4.69) is 9.93 Å². The Hall–Kier alpha value is -2.34. The van der Waals surface area contributed by atoms with Crippen LogP contribution in [0.3, 0.4) is 0 Å². The molecule has 2 rings (SSSR count). The van der Waals surface area contributed by atoms with Crippen LogP contribution in [0.15, 0.2) is 58.5 Å². The molecule has 0 bridgehead atoms. The van der Waals surface area contributed by atoms with E-state index in [4.69, 9.17) is 0 Å². The summed E-state index contributed by atoms with van der Waals surface area (Å²) in [6, 6.07) is 12.9. The summed E-state index contributed by atoms with van der Waals surface area (Å²) < 4.78 is 23.9. The highest BCUT2D eigenvalue weighted by molar-refractivity contribution is 7.89. The maximum Gasteiger partial charge on any atom is 0.276 e. The third-order valence-corrected chi connectivity index (χ3v) is 3.88. The topological polar surface area (TPSA) is 78.8 Å². The zero-order valence-corrected chi connectivity index (χ0v) is 11.6. The molecule has 0 aliphatic rings. The Morgan fingerprint density at radius 3 is 2.40 bits per heavy atom. The summed E-state index contributed by atoms with van der Waals surface area (Å²) in [5.74, 6) is 0.0331. The number of hydrogen-bond donors (Lipinski definition) is 2. The molecule has 0 aromatic heterocycles. The lowest BCUT2D eigenvalue weighted by molar-refractivity contribution is 0.474. The molecule has 5 nitrogen and oxygen atoms in total. The molecule has 2 aromatic rings. The molecule has 0 heterocycles. The lowest BCUT2D eigenvalue weighted by Crippen LogP contribution is -2.18. The molecule has 0 saturated carbocycles. The van der Waals surface area contributed by atoms with Crippen LogP contribution in [0.5, 0.6) is 5.75 Å². The van der Waals surface area contributed by atoms with Gasteiger partial charge in [0, 0.05) is 5.56 Å². The fraction of sp³-hybridized carbons (Fsp3) is 0.0714. The summed E-state index contributed by atoms with van der Waals surface area (Å²) in [5.41, 5.74) is 1.40. The Balaban J connectivity index is 2.14. The molecular formula is C14H14N2O3S. The van der Waals surface area contributed by atoms with Crippen molar-refractivity contribution in [2.75, 3.05) is 0 Å². The second-order valence-corrected chi connectivity index (χ2v) is 5.89. The lowest BCUT2D eigenvalue weighted by Gasteiger charge is -2.03. The molecular weight excluding hydrogens is 276 g/mol. The highest BCUT2D eigenvalue weighted by atomic mass is 32.2. The molecule has 2 aromatic carbocycles. The van der Waals surface area contributed by atoms with Gasteiger partial charge in [0.05, 0.1) is 11.1 Å². The molecule has 0 unspecified atom stereocenters. The third kappa shape index (κ3) is 3.36. The normalized spacial score (nSPS) is 11.7. The Kier molecular flexibility index (Phi) is 4.05. The van der Waals surface area contributed by atoms with Crippen LogP contribution in [0, 0.1) is 6.92 Å². The van der Waals surface area contributed by atoms with Crippen LogP contribution in [-0.4, -0.2) is 19.7 Å². The van der Waals surface area contributed by atoms with Crippen LogP contribution in [0.25, 0.3) is 0 Å². The van der Waals surface area contributed by atoms with Gasteiger partial charge in [0.25, 0.3) is 10.0 Å². The van der Waals surface area contributed by atoms with Gasteiger partial charge in [0.1, 0.15) is 5.75 Å². The SMILES string of the molecule is Cc1ccc(S(=O)(=O)N/N=C\c2ccccc2O)cc1. The molecule has 0 aliphatic carbocycles. The number of phenolic OH excluding ortho intramolecular Hbond substituents is 1. The fourth-order valence-corrected chi connectivity index (χ4v) is 2.32. The first-order chi connectivity index (χ1) is 9.49. The van der Waals surface area contributed by atoms with Gasteiger partial charge in [-0.15, -0.1) is 0 Å². The van der Waals surface area contributed by atoms with Crippen molar-refractivity contribution in [2.45, 2.75) is 11.8 Å². The van der Waals surface area contributed by atoms with Crippen molar-refractivity contribution in [1.29, 1.82) is 0 Å². The summed E-state index contributed by atoms with van der Waals surface area (Å²) in [4.78, 5) is 2.24. The van der Waals surface area contributed by atoms with Gasteiger partial charge >= 0.3 is 0 Å². The van der Waals surface area contributed by atoms with Crippen molar-refractivity contribution in [3.05, 3.63) is 59.7 Å². The highest BCUT2D eigenvalue weighted by Crippen LogP contribution is 2.13. The van der Waals surface area contributed by atoms with Gasteiger partial charge in [-0.2, -0.15) is 13.5 Å². The second-order valence-electron chi connectivity index (χ2n) is 4.22. The predicted octanol–water partition coefficient (Wildman–Crippen LogP) is 2.01. The minimum Gasteiger partial charge on any atom is -0.507 e. The lowest BCUT2D eigenvalue weighted by atomic mass is 10.2. The standard InChI is InChI=1S/C14H14N2O3S/c1-11-6-8-13(9-7-11)20(18,19)16-15-10-12-4-2-3-5-14(12)17/h2-10,16-17H,1H3/b15-10-. The zero-order valence-electron chi connectivity index (χ0n) is 10.8. The van der Waals surface area contributed by atoms with Gasteiger partial charge in [0.15, 0.2) is 0 Å². The van der Waals surface area contributed by atoms with Crippen molar-refractivity contribution in [2.24, 2.45) is 5.10 Å². The number of para-hydroxylation sites is 1. The second kappa shape index (κ2) is 5.75. The van der Waals surface area contributed by atoms with Crippen molar-refractivity contribution in [3.63, 3.8) is 0 Å². The number of aryl methyl sites for hydroxylation is 1. The summed E-state index contributed by atoms with van der Waals surface area (Å²) in [6.07, 6.45) is 1.25. The van der Waals surface area contributed by atoms with Crippen LogP contribution in [0.2, 0.25) is 0 Å². The largest absolute Gasteiger partial charge is 0.507 e. The van der Waals surface area contributed by atoms with Gasteiger partial charge in [-0.25, -0.2) is 4.83 Å². The van der Waals surface area contributed by atoms with E-state index in [0.717, 1.165) is 5.56 Å². The summed E-state index contributed by atoms with van der Waals surface area (Å²) in [6.45, 7) is 1.88. The molecule has 0 spiro atoms. The number of aromatic hydroxyl groups is 1. The average molecular weight is 290 g/mol. The van der Waals surface area contributed by atoms with E-state index in [0.29, 0.717) is 5.56 Å². The Bertz CT molecular complexity index is 722. The number of hydrazone groups is 1. The van der Waals surface area contributed by atoms with Gasteiger partial charge < -0.3 is 5.11 Å². The van der Waals surface area contributed by atoms with Gasteiger partial charge in [0.2, 0.25) is 0 Å². The van der Waals surface area contributed by atoms with Crippen molar-refractivity contribution < 1.29 is 13.5 Å². The molecule has 0 aliphatic heterocycles. The van der Waals surface area contributed by atoms with Crippen LogP contribution >= 0.6 is 0 Å². The molecule has 6 heteroatoms. The number of sulfonamides is 1. The predicted molar refractivity (Wildman–Crippen MR) is 77.2 cm³/mol. The maximum atomic E-state index is 11.9. The van der Waals surface area contributed by atoms with E-state index < -0.39 is 10.0 Å². The highest BCUT2D eigenvalue weighted by Gasteiger charge is 2.11. The first-order valence-corrected chi connectivity index (χ1v) is 7.37. The Morgan fingerprint density at radius 1 is 1.10 bits per heavy atom. The van der Waals surface area contributed by atoms with Crippen molar-refractivity contribution in [1.82, 2.24) is 4.83 Å². The van der Waals surface area contributed by atoms with E-state index >= 15 is 0 Å². The first-order valence-electron chi connectivity index (χ1n) is 5.88. The van der Waals surface area contributed by atoms with E-state index in [9.17, 15) is 13.5 Å². The molecule has 0 fully saturated rings. The summed E-state index contributed by atoms with van der Waals surface area (Å²) in [5, 5.41) is 13.2. The Morgan fingerprint density at radius 2 is 1.75 bits per heavy atom. The van der Waals surface area contributed by atoms with Crippen LogP contribution in [0.4, 0.5) is 0 Å². The molecule has 104 valence electrons. The van der Waals surface area contributed by atoms with Crippen molar-refractivity contribution in [3.8, 4) is 5.75 Å². The van der Waals surface area contributed by atoms with E-state index in [1.807, 2.05) is 6.92 Å². The molecule has 0 radical (unpaired) electrons. The fourth-order valence-electron chi connectivity index (χ4n) is 1.53. The van der Waals surface area contributed by atoms with Gasteiger partial charge in [-0.3, -0.25) is 0 Å². The number of rotatable bonds is 4. The molecule has 2 N–H and O–H groups in total. The molecule has 0 amide bonds. The Labute approximate surface area is 117 Å². The van der Waals surface area contributed by atoms with Crippen LogP contribution in [0.1, 0.15) is 11.1 Å². The zero-order chi connectivity index (χ0) is 14.6. The quantitative estimate of drug-likeness (QED) is 0.668. The first kappa shape index (κ1) is 14.1. The van der Waals surface area contributed by atoms with Gasteiger partial charge in [-0.05, 0) is 31.2 Å². The van der Waals surface area contributed by atoms with Crippen LogP contribution < -0.4 is 4.83 Å². The van der Waals surface area contributed by atoms with Crippen molar-refractivity contribution >= 4 is 16.2 Å². The maximum absolute atomic E-state index is 11.9. The smallest absolute Gasteiger partial charge is 0.276 e. The number of phenols is 1. The van der Waals surface area contributed by atoms with Crippen LogP contribution in [-0.2, 0) is 10.0 Å². The minimum absolute atomic E-state index is 0.0331. The summed E-state index contributed by atoms with van der Waals surface area (Å²) in [7, 11) is -3.69.